The van der Waals surface area contributed by atoms with Crippen LogP contribution in [0.4, 0.5) is 0 Å². The number of hydrogen-bond acceptors (Lipinski definition) is 2. The molecular formula is C15H17ClNNaO2. The summed E-state index contributed by atoms with van der Waals surface area (Å²) >= 11 is 5.98. The van der Waals surface area contributed by atoms with Crippen LogP contribution in [0.15, 0.2) is 24.3 Å². The van der Waals surface area contributed by atoms with E-state index in [-0.39, 0.29) is 36.0 Å². The monoisotopic (exact) mass is 301 g/mol. The van der Waals surface area contributed by atoms with Crippen LogP contribution in [0.5, 0.6) is 0 Å². The van der Waals surface area contributed by atoms with Gasteiger partial charge >= 0.3 is 29.6 Å². The first-order valence-electron chi connectivity index (χ1n) is 6.53. The van der Waals surface area contributed by atoms with Gasteiger partial charge in [-0.3, -0.25) is 0 Å². The standard InChI is InChI=1S/C15H18ClNO2.Na/c1-11-9-12-10-13(16)6-7-14(12)17(11)8-4-2-3-5-15(18)19;/h6-7,9-10H,2-5,8H2,1H3,(H,18,19);/q;+1/p-1. The quantitative estimate of drug-likeness (QED) is 0.553. The normalized spacial score (nSPS) is 10.5. The Hall–Kier alpha value is -0.480. The number of benzene rings is 1. The average molecular weight is 302 g/mol. The van der Waals surface area contributed by atoms with Gasteiger partial charge in [0.25, 0.3) is 0 Å². The van der Waals surface area contributed by atoms with Crippen LogP contribution in [-0.2, 0) is 11.3 Å². The van der Waals surface area contributed by atoms with Gasteiger partial charge in [0.15, 0.2) is 0 Å². The SMILES string of the molecule is Cc1cc2cc(Cl)ccc2n1CCCCCC(=O)[O-].[Na+]. The number of aliphatic carboxylic acids is 1. The minimum Gasteiger partial charge on any atom is -0.550 e. The van der Waals surface area contributed by atoms with Crippen molar-refractivity contribution in [3.8, 4) is 0 Å². The first-order chi connectivity index (χ1) is 9.08. The molecule has 20 heavy (non-hydrogen) atoms. The molecule has 0 aliphatic rings. The van der Waals surface area contributed by atoms with Gasteiger partial charge in [0, 0.05) is 34.1 Å². The van der Waals surface area contributed by atoms with Gasteiger partial charge in [-0.05, 0) is 50.5 Å². The Balaban J connectivity index is 0.00000200. The van der Waals surface area contributed by atoms with Gasteiger partial charge < -0.3 is 14.5 Å². The maximum absolute atomic E-state index is 10.3. The van der Waals surface area contributed by atoms with Crippen molar-refractivity contribution in [2.24, 2.45) is 0 Å². The fourth-order valence-electron chi connectivity index (χ4n) is 2.39. The molecule has 0 aliphatic heterocycles. The second kappa shape index (κ2) is 8.08. The van der Waals surface area contributed by atoms with Crippen molar-refractivity contribution in [3.63, 3.8) is 0 Å². The molecule has 5 heteroatoms. The zero-order chi connectivity index (χ0) is 13.8. The smallest absolute Gasteiger partial charge is 0.550 e. The predicted octanol–water partition coefficient (Wildman–Crippen LogP) is -0.0826. The van der Waals surface area contributed by atoms with Gasteiger partial charge in [-0.2, -0.15) is 0 Å². The zero-order valence-corrected chi connectivity index (χ0v) is 14.7. The summed E-state index contributed by atoms with van der Waals surface area (Å²) in [7, 11) is 0. The molecule has 1 heterocycles. The van der Waals surface area contributed by atoms with Crippen LogP contribution in [0.3, 0.4) is 0 Å². The summed E-state index contributed by atoms with van der Waals surface area (Å²) in [5.41, 5.74) is 2.39. The summed E-state index contributed by atoms with van der Waals surface area (Å²) in [5.74, 6) is -0.961. The van der Waals surface area contributed by atoms with Crippen molar-refractivity contribution in [3.05, 3.63) is 35.0 Å². The second-order valence-electron chi connectivity index (χ2n) is 4.82. The zero-order valence-electron chi connectivity index (χ0n) is 12.0. The van der Waals surface area contributed by atoms with E-state index in [1.807, 2.05) is 18.2 Å². The Morgan fingerprint density at radius 3 is 2.70 bits per heavy atom. The fraction of sp³-hybridized carbons (Fsp3) is 0.400. The molecule has 2 aromatic rings. The van der Waals surface area contributed by atoms with E-state index < -0.39 is 5.97 Å². The minimum absolute atomic E-state index is 0. The first-order valence-corrected chi connectivity index (χ1v) is 6.91. The van der Waals surface area contributed by atoms with E-state index in [0.29, 0.717) is 6.42 Å². The number of carboxylic acid groups (broad SMARTS) is 1. The molecular weight excluding hydrogens is 285 g/mol. The number of aromatic nitrogens is 1. The molecule has 0 spiro atoms. The molecule has 0 N–H and O–H groups in total. The molecule has 0 saturated carbocycles. The van der Waals surface area contributed by atoms with Crippen molar-refractivity contribution in [1.82, 2.24) is 4.57 Å². The largest absolute Gasteiger partial charge is 1.00 e. The Kier molecular flexibility index (Phi) is 7.10. The molecule has 0 aliphatic carbocycles. The molecule has 3 nitrogen and oxygen atoms in total. The van der Waals surface area contributed by atoms with Crippen molar-refractivity contribution in [2.45, 2.75) is 39.2 Å². The van der Waals surface area contributed by atoms with Crippen molar-refractivity contribution in [1.29, 1.82) is 0 Å². The maximum atomic E-state index is 10.3. The minimum atomic E-state index is -0.961. The third kappa shape index (κ3) is 4.52. The van der Waals surface area contributed by atoms with Crippen LogP contribution in [-0.4, -0.2) is 10.5 Å². The summed E-state index contributed by atoms with van der Waals surface area (Å²) in [5, 5.41) is 12.2. The number of carboxylic acids is 1. The Morgan fingerprint density at radius 1 is 1.25 bits per heavy atom. The topological polar surface area (TPSA) is 45.1 Å². The Bertz CT molecular complexity index is 595. The third-order valence-electron chi connectivity index (χ3n) is 3.33. The number of carbonyl (C=O) groups is 1. The predicted molar refractivity (Wildman–Crippen MR) is 75.2 cm³/mol. The molecule has 1 aromatic carbocycles. The molecule has 0 saturated heterocycles. The van der Waals surface area contributed by atoms with E-state index >= 15 is 0 Å². The number of nitrogens with zero attached hydrogens (tertiary/aromatic N) is 1. The van der Waals surface area contributed by atoms with Crippen molar-refractivity contribution in [2.75, 3.05) is 0 Å². The molecule has 0 bridgehead atoms. The van der Waals surface area contributed by atoms with E-state index in [1.54, 1.807) is 0 Å². The van der Waals surface area contributed by atoms with Gasteiger partial charge in [0.1, 0.15) is 0 Å². The van der Waals surface area contributed by atoms with Crippen LogP contribution in [0, 0.1) is 6.92 Å². The summed E-state index contributed by atoms with van der Waals surface area (Å²) in [6.45, 7) is 2.99. The van der Waals surface area contributed by atoms with Gasteiger partial charge in [-0.15, -0.1) is 0 Å². The first kappa shape index (κ1) is 17.6. The van der Waals surface area contributed by atoms with Gasteiger partial charge in [-0.25, -0.2) is 0 Å². The summed E-state index contributed by atoms with van der Waals surface area (Å²) < 4.78 is 2.25. The number of aryl methyl sites for hydroxylation is 2. The van der Waals surface area contributed by atoms with Gasteiger partial charge in [-0.1, -0.05) is 18.0 Å². The van der Waals surface area contributed by atoms with Crippen LogP contribution in [0.1, 0.15) is 31.4 Å². The summed E-state index contributed by atoms with van der Waals surface area (Å²) in [6, 6.07) is 8.03. The number of hydrogen-bond donors (Lipinski definition) is 0. The van der Waals surface area contributed by atoms with Crippen LogP contribution >= 0.6 is 11.6 Å². The van der Waals surface area contributed by atoms with E-state index in [9.17, 15) is 9.90 Å². The van der Waals surface area contributed by atoms with E-state index in [1.165, 1.54) is 11.2 Å². The van der Waals surface area contributed by atoms with E-state index in [0.717, 1.165) is 29.8 Å². The van der Waals surface area contributed by atoms with E-state index in [4.69, 9.17) is 11.6 Å². The molecule has 0 radical (unpaired) electrons. The summed E-state index contributed by atoms with van der Waals surface area (Å²) in [6.07, 6.45) is 2.72. The number of rotatable bonds is 6. The van der Waals surface area contributed by atoms with Crippen molar-refractivity contribution >= 4 is 28.5 Å². The molecule has 0 atom stereocenters. The van der Waals surface area contributed by atoms with Crippen LogP contribution < -0.4 is 34.7 Å². The fourth-order valence-corrected chi connectivity index (χ4v) is 2.57. The molecule has 2 rings (SSSR count). The Morgan fingerprint density at radius 2 is 2.00 bits per heavy atom. The Labute approximate surface area is 146 Å². The van der Waals surface area contributed by atoms with Crippen molar-refractivity contribution < 1.29 is 39.5 Å². The van der Waals surface area contributed by atoms with Gasteiger partial charge in [0.2, 0.25) is 0 Å². The molecule has 0 amide bonds. The number of carbonyl (C=O) groups excluding carboxylic acids is 1. The molecule has 102 valence electrons. The third-order valence-corrected chi connectivity index (χ3v) is 3.57. The number of fused-ring (bicyclic) bond motifs is 1. The van der Waals surface area contributed by atoms with E-state index in [2.05, 4.69) is 17.6 Å². The van der Waals surface area contributed by atoms with Crippen LogP contribution in [0.25, 0.3) is 10.9 Å². The average Bonchev–Trinajstić information content (AvgIpc) is 2.64. The molecule has 1 aromatic heterocycles. The maximum Gasteiger partial charge on any atom is 1.00 e. The van der Waals surface area contributed by atoms with Gasteiger partial charge in [0.05, 0.1) is 0 Å². The second-order valence-corrected chi connectivity index (χ2v) is 5.26. The number of unbranched alkanes of at least 4 members (excludes halogenated alkanes) is 2. The van der Waals surface area contributed by atoms with Crippen LogP contribution in [0.2, 0.25) is 5.02 Å². The molecule has 0 fully saturated rings. The number of halogens is 1. The summed E-state index contributed by atoms with van der Waals surface area (Å²) in [4.78, 5) is 10.3. The molecule has 0 unspecified atom stereocenters.